The van der Waals surface area contributed by atoms with E-state index in [-0.39, 0.29) is 12.4 Å². The van der Waals surface area contributed by atoms with E-state index in [1.807, 2.05) is 0 Å². The number of rotatable bonds is 4. The van der Waals surface area contributed by atoms with Crippen LogP contribution in [0.25, 0.3) is 0 Å². The maximum atomic E-state index is 10.6. The first kappa shape index (κ1) is 11.0. The monoisotopic (exact) mass is 260 g/mol. The van der Waals surface area contributed by atoms with Crippen molar-refractivity contribution < 1.29 is 19.4 Å². The lowest BCUT2D eigenvalue weighted by atomic mass is 10.2. The van der Waals surface area contributed by atoms with Crippen molar-refractivity contribution in [2.45, 2.75) is 0 Å². The van der Waals surface area contributed by atoms with Crippen LogP contribution in [0.3, 0.4) is 0 Å². The molecule has 0 aromatic heterocycles. The fraction of sp³-hybridized carbons (Fsp3) is 0.222. The van der Waals surface area contributed by atoms with E-state index in [1.165, 1.54) is 19.2 Å². The Morgan fingerprint density at radius 3 is 2.86 bits per heavy atom. The summed E-state index contributed by atoms with van der Waals surface area (Å²) in [5, 5.41) is 8.72. The van der Waals surface area contributed by atoms with Crippen molar-refractivity contribution in [2.24, 2.45) is 0 Å². The third-order valence-corrected chi connectivity index (χ3v) is 2.17. The summed E-state index contributed by atoms with van der Waals surface area (Å²) in [4.78, 5) is 10.6. The van der Waals surface area contributed by atoms with Gasteiger partial charge < -0.3 is 14.6 Å². The molecule has 1 N–H and O–H groups in total. The molecule has 14 heavy (non-hydrogen) atoms. The van der Waals surface area contributed by atoms with Crippen molar-refractivity contribution in [2.75, 3.05) is 13.9 Å². The van der Waals surface area contributed by atoms with Crippen LogP contribution in [-0.2, 0) is 4.74 Å². The molecule has 0 unspecified atom stereocenters. The molecule has 0 bridgehead atoms. The van der Waals surface area contributed by atoms with Crippen LogP contribution < -0.4 is 4.74 Å². The second-order valence-electron chi connectivity index (χ2n) is 2.50. The molecule has 0 atom stereocenters. The fourth-order valence-corrected chi connectivity index (χ4v) is 1.23. The van der Waals surface area contributed by atoms with Gasteiger partial charge in [0.15, 0.2) is 6.79 Å². The van der Waals surface area contributed by atoms with Crippen LogP contribution in [0.4, 0.5) is 0 Å². The third-order valence-electron chi connectivity index (χ3n) is 1.51. The summed E-state index contributed by atoms with van der Waals surface area (Å²) >= 11 is 3.24. The largest absolute Gasteiger partial charge is 0.478 e. The Balaban J connectivity index is 2.90. The predicted octanol–water partition coefficient (Wildman–Crippen LogP) is 2.13. The summed E-state index contributed by atoms with van der Waals surface area (Å²) in [6.07, 6.45) is 0. The molecule has 0 radical (unpaired) electrons. The van der Waals surface area contributed by atoms with Crippen LogP contribution in [0.15, 0.2) is 22.7 Å². The predicted molar refractivity (Wildman–Crippen MR) is 53.6 cm³/mol. The Morgan fingerprint density at radius 1 is 1.57 bits per heavy atom. The average Bonchev–Trinajstić information content (AvgIpc) is 2.16. The second-order valence-corrected chi connectivity index (χ2v) is 3.36. The van der Waals surface area contributed by atoms with Crippen LogP contribution in [-0.4, -0.2) is 25.0 Å². The molecule has 0 aliphatic rings. The molecule has 0 spiro atoms. The normalized spacial score (nSPS) is 9.86. The van der Waals surface area contributed by atoms with E-state index in [9.17, 15) is 4.79 Å². The Hall–Kier alpha value is -1.07. The van der Waals surface area contributed by atoms with Crippen molar-refractivity contribution in [3.8, 4) is 5.75 Å². The summed E-state index contributed by atoms with van der Waals surface area (Å²) in [5.41, 5.74) is 0.180. The highest BCUT2D eigenvalue weighted by molar-refractivity contribution is 9.10. The number of hydrogen-bond acceptors (Lipinski definition) is 3. The number of ether oxygens (including phenoxy) is 2. The highest BCUT2D eigenvalue weighted by Gasteiger charge is 2.07. The minimum atomic E-state index is -0.986. The van der Waals surface area contributed by atoms with Crippen molar-refractivity contribution in [3.63, 3.8) is 0 Å². The number of carbonyl (C=O) groups is 1. The standard InChI is InChI=1S/C9H9BrO4/c1-13-5-14-8-4-6(9(11)12)2-3-7(8)10/h2-4H,5H2,1H3,(H,11,12). The minimum absolute atomic E-state index is 0.0850. The molecule has 0 aliphatic heterocycles. The lowest BCUT2D eigenvalue weighted by Gasteiger charge is -2.07. The van der Waals surface area contributed by atoms with Gasteiger partial charge in [0.25, 0.3) is 0 Å². The summed E-state index contributed by atoms with van der Waals surface area (Å²) < 4.78 is 10.5. The number of hydrogen-bond donors (Lipinski definition) is 1. The number of methoxy groups -OCH3 is 1. The molecule has 1 aromatic carbocycles. The van der Waals surface area contributed by atoms with E-state index in [0.29, 0.717) is 10.2 Å². The van der Waals surface area contributed by atoms with Gasteiger partial charge in [0.05, 0.1) is 10.0 Å². The quantitative estimate of drug-likeness (QED) is 0.843. The maximum Gasteiger partial charge on any atom is 0.335 e. The molecule has 0 amide bonds. The Kier molecular flexibility index (Phi) is 3.91. The van der Waals surface area contributed by atoms with Gasteiger partial charge in [0.1, 0.15) is 5.75 Å². The van der Waals surface area contributed by atoms with Gasteiger partial charge in [-0.1, -0.05) is 0 Å². The molecule has 0 heterocycles. The Labute approximate surface area is 89.6 Å². The number of aromatic carboxylic acids is 1. The van der Waals surface area contributed by atoms with E-state index in [2.05, 4.69) is 15.9 Å². The zero-order valence-corrected chi connectivity index (χ0v) is 9.08. The van der Waals surface area contributed by atoms with E-state index >= 15 is 0 Å². The van der Waals surface area contributed by atoms with Crippen LogP contribution in [0, 0.1) is 0 Å². The van der Waals surface area contributed by atoms with E-state index < -0.39 is 5.97 Å². The van der Waals surface area contributed by atoms with Crippen molar-refractivity contribution in [3.05, 3.63) is 28.2 Å². The molecule has 0 saturated carbocycles. The summed E-state index contributed by atoms with van der Waals surface area (Å²) in [5.74, 6) is -0.536. The smallest absolute Gasteiger partial charge is 0.335 e. The van der Waals surface area contributed by atoms with E-state index in [1.54, 1.807) is 6.07 Å². The molecular formula is C9H9BrO4. The van der Waals surface area contributed by atoms with Gasteiger partial charge in [-0.2, -0.15) is 0 Å². The SMILES string of the molecule is COCOc1cc(C(=O)O)ccc1Br. The molecule has 0 saturated heterocycles. The summed E-state index contributed by atoms with van der Waals surface area (Å²) in [6.45, 7) is 0.0850. The van der Waals surface area contributed by atoms with E-state index in [4.69, 9.17) is 14.6 Å². The van der Waals surface area contributed by atoms with Gasteiger partial charge in [-0.3, -0.25) is 0 Å². The first-order valence-electron chi connectivity index (χ1n) is 3.79. The Bertz CT molecular complexity index is 338. The first-order valence-corrected chi connectivity index (χ1v) is 4.59. The number of carboxylic acids is 1. The number of carboxylic acid groups (broad SMARTS) is 1. The molecule has 76 valence electrons. The fourth-order valence-electron chi connectivity index (χ4n) is 0.869. The molecule has 0 fully saturated rings. The van der Waals surface area contributed by atoms with Crippen LogP contribution in [0.1, 0.15) is 10.4 Å². The van der Waals surface area contributed by atoms with E-state index in [0.717, 1.165) is 0 Å². The van der Waals surface area contributed by atoms with Crippen molar-refractivity contribution in [1.82, 2.24) is 0 Å². The number of benzene rings is 1. The highest BCUT2D eigenvalue weighted by atomic mass is 79.9. The molecular weight excluding hydrogens is 252 g/mol. The minimum Gasteiger partial charge on any atom is -0.478 e. The average molecular weight is 261 g/mol. The topological polar surface area (TPSA) is 55.8 Å². The molecule has 0 aliphatic carbocycles. The van der Waals surface area contributed by atoms with Gasteiger partial charge in [0, 0.05) is 7.11 Å². The summed E-state index contributed by atoms with van der Waals surface area (Å²) in [7, 11) is 1.49. The van der Waals surface area contributed by atoms with Crippen LogP contribution >= 0.6 is 15.9 Å². The van der Waals surface area contributed by atoms with Gasteiger partial charge in [-0.15, -0.1) is 0 Å². The van der Waals surface area contributed by atoms with Gasteiger partial charge in [-0.05, 0) is 34.1 Å². The lowest BCUT2D eigenvalue weighted by molar-refractivity contribution is 0.0502. The summed E-state index contributed by atoms with van der Waals surface area (Å²) in [6, 6.07) is 4.55. The van der Waals surface area contributed by atoms with Gasteiger partial charge in [0.2, 0.25) is 0 Å². The molecule has 1 aromatic rings. The van der Waals surface area contributed by atoms with Gasteiger partial charge in [-0.25, -0.2) is 4.79 Å². The van der Waals surface area contributed by atoms with Crippen molar-refractivity contribution >= 4 is 21.9 Å². The first-order chi connectivity index (χ1) is 6.65. The number of halogens is 1. The highest BCUT2D eigenvalue weighted by Crippen LogP contribution is 2.25. The second kappa shape index (κ2) is 4.97. The molecule has 4 nitrogen and oxygen atoms in total. The zero-order chi connectivity index (χ0) is 10.6. The van der Waals surface area contributed by atoms with Crippen LogP contribution in [0.5, 0.6) is 5.75 Å². The van der Waals surface area contributed by atoms with Crippen molar-refractivity contribution in [1.29, 1.82) is 0 Å². The Morgan fingerprint density at radius 2 is 2.29 bits per heavy atom. The van der Waals surface area contributed by atoms with Crippen LogP contribution in [0.2, 0.25) is 0 Å². The zero-order valence-electron chi connectivity index (χ0n) is 7.49. The lowest BCUT2D eigenvalue weighted by Crippen LogP contribution is -2.02. The maximum absolute atomic E-state index is 10.6. The van der Waals surface area contributed by atoms with Gasteiger partial charge >= 0.3 is 5.97 Å². The third kappa shape index (κ3) is 2.71. The molecule has 5 heteroatoms. The molecule has 1 rings (SSSR count).